The quantitative estimate of drug-likeness (QED) is 0.775. The van der Waals surface area contributed by atoms with Crippen LogP contribution in [-0.4, -0.2) is 29.9 Å². The van der Waals surface area contributed by atoms with Gasteiger partial charge in [0.25, 0.3) is 5.91 Å². The normalized spacial score (nSPS) is 10.8. The van der Waals surface area contributed by atoms with Gasteiger partial charge in [-0.05, 0) is 18.1 Å². The first-order chi connectivity index (χ1) is 9.58. The van der Waals surface area contributed by atoms with E-state index in [9.17, 15) is 9.59 Å². The molecule has 0 saturated heterocycles. The summed E-state index contributed by atoms with van der Waals surface area (Å²) in [4.78, 5) is 26.7. The molecule has 0 unspecified atom stereocenters. The Balaban J connectivity index is 1.95. The van der Waals surface area contributed by atoms with Crippen LogP contribution in [0.3, 0.4) is 0 Å². The zero-order chi connectivity index (χ0) is 14.5. The van der Waals surface area contributed by atoms with Crippen molar-refractivity contribution in [2.45, 2.75) is 13.8 Å². The fourth-order valence-electron chi connectivity index (χ4n) is 1.91. The van der Waals surface area contributed by atoms with Gasteiger partial charge < -0.3 is 15.6 Å². The number of benzene rings is 1. The van der Waals surface area contributed by atoms with E-state index in [0.717, 1.165) is 10.9 Å². The lowest BCUT2D eigenvalue weighted by Gasteiger charge is -2.09. The van der Waals surface area contributed by atoms with Gasteiger partial charge in [0.1, 0.15) is 0 Å². The van der Waals surface area contributed by atoms with E-state index in [-0.39, 0.29) is 18.4 Å². The van der Waals surface area contributed by atoms with Gasteiger partial charge in [-0.3, -0.25) is 9.59 Å². The Bertz CT molecular complexity index is 616. The third-order valence-electron chi connectivity index (χ3n) is 2.95. The molecule has 1 aromatic heterocycles. The van der Waals surface area contributed by atoms with E-state index >= 15 is 0 Å². The molecule has 0 spiro atoms. The Morgan fingerprint density at radius 1 is 1.20 bits per heavy atom. The van der Waals surface area contributed by atoms with Crippen LogP contribution in [0.2, 0.25) is 0 Å². The van der Waals surface area contributed by atoms with E-state index in [2.05, 4.69) is 15.6 Å². The van der Waals surface area contributed by atoms with Gasteiger partial charge in [-0.1, -0.05) is 26.0 Å². The average Bonchev–Trinajstić information content (AvgIpc) is 2.90. The maximum Gasteiger partial charge on any atom is 0.253 e. The van der Waals surface area contributed by atoms with Crippen molar-refractivity contribution in [2.75, 3.05) is 13.1 Å². The molecule has 1 aromatic carbocycles. The molecule has 0 fully saturated rings. The Labute approximate surface area is 117 Å². The van der Waals surface area contributed by atoms with E-state index in [4.69, 9.17) is 0 Å². The molecular weight excluding hydrogens is 254 g/mol. The van der Waals surface area contributed by atoms with Crippen molar-refractivity contribution in [3.8, 4) is 0 Å². The van der Waals surface area contributed by atoms with Crippen molar-refractivity contribution in [1.29, 1.82) is 0 Å². The number of aromatic nitrogens is 1. The van der Waals surface area contributed by atoms with Crippen LogP contribution in [0, 0.1) is 5.92 Å². The maximum absolute atomic E-state index is 12.1. The molecule has 1 heterocycles. The highest BCUT2D eigenvalue weighted by atomic mass is 16.2. The molecule has 2 rings (SSSR count). The van der Waals surface area contributed by atoms with Gasteiger partial charge in [0.2, 0.25) is 5.91 Å². The van der Waals surface area contributed by atoms with Crippen LogP contribution in [0.15, 0.2) is 30.5 Å². The zero-order valence-corrected chi connectivity index (χ0v) is 11.7. The second-order valence-electron chi connectivity index (χ2n) is 5.13. The van der Waals surface area contributed by atoms with E-state index in [1.54, 1.807) is 12.3 Å². The zero-order valence-electron chi connectivity index (χ0n) is 11.7. The van der Waals surface area contributed by atoms with Crippen molar-refractivity contribution >= 4 is 22.7 Å². The second kappa shape index (κ2) is 6.23. The van der Waals surface area contributed by atoms with Crippen LogP contribution in [0.4, 0.5) is 0 Å². The average molecular weight is 273 g/mol. The molecule has 5 heteroatoms. The maximum atomic E-state index is 12.1. The summed E-state index contributed by atoms with van der Waals surface area (Å²) in [5, 5.41) is 6.37. The molecule has 0 saturated carbocycles. The molecule has 0 aliphatic heterocycles. The summed E-state index contributed by atoms with van der Waals surface area (Å²) in [7, 11) is 0. The van der Waals surface area contributed by atoms with Crippen LogP contribution < -0.4 is 10.6 Å². The molecule has 2 amide bonds. The van der Waals surface area contributed by atoms with Crippen molar-refractivity contribution in [1.82, 2.24) is 15.6 Å². The highest BCUT2D eigenvalue weighted by Crippen LogP contribution is 2.16. The second-order valence-corrected chi connectivity index (χ2v) is 5.13. The van der Waals surface area contributed by atoms with E-state index < -0.39 is 0 Å². The predicted octanol–water partition coefficient (Wildman–Crippen LogP) is 1.67. The highest BCUT2D eigenvalue weighted by Gasteiger charge is 2.11. The molecule has 3 N–H and O–H groups in total. The summed E-state index contributed by atoms with van der Waals surface area (Å²) in [5.41, 5.74) is 1.33. The fraction of sp³-hybridized carbons (Fsp3) is 0.333. The SMILES string of the molecule is CC(C)CNC(=O)CNC(=O)c1cccc2cc[nH]c12. The summed E-state index contributed by atoms with van der Waals surface area (Å²) >= 11 is 0. The number of amides is 2. The number of aromatic amines is 1. The number of nitrogens with one attached hydrogen (secondary N) is 3. The van der Waals surface area contributed by atoms with Crippen molar-refractivity contribution in [2.24, 2.45) is 5.92 Å². The Morgan fingerprint density at radius 3 is 2.75 bits per heavy atom. The standard InChI is InChI=1S/C15H19N3O2/c1-10(2)8-17-13(19)9-18-15(20)12-5-3-4-11-6-7-16-14(11)12/h3-7,10,16H,8-9H2,1-2H3,(H,17,19)(H,18,20). The van der Waals surface area contributed by atoms with Crippen LogP contribution in [0.25, 0.3) is 10.9 Å². The molecular formula is C15H19N3O2. The Kier molecular flexibility index (Phi) is 4.40. The molecule has 0 aliphatic carbocycles. The van der Waals surface area contributed by atoms with E-state index in [1.165, 1.54) is 0 Å². The smallest absolute Gasteiger partial charge is 0.253 e. The first-order valence-corrected chi connectivity index (χ1v) is 6.69. The molecule has 0 bridgehead atoms. The Morgan fingerprint density at radius 2 is 2.00 bits per heavy atom. The topological polar surface area (TPSA) is 74.0 Å². The van der Waals surface area contributed by atoms with Gasteiger partial charge in [0.05, 0.1) is 17.6 Å². The monoisotopic (exact) mass is 273 g/mol. The number of fused-ring (bicyclic) bond motifs is 1. The minimum atomic E-state index is -0.252. The van der Waals surface area contributed by atoms with Crippen LogP contribution in [0.5, 0.6) is 0 Å². The van der Waals surface area contributed by atoms with E-state index in [1.807, 2.05) is 32.0 Å². The van der Waals surface area contributed by atoms with Crippen molar-refractivity contribution in [3.05, 3.63) is 36.0 Å². The number of rotatable bonds is 5. The largest absolute Gasteiger partial charge is 0.361 e. The lowest BCUT2D eigenvalue weighted by atomic mass is 10.1. The molecule has 106 valence electrons. The molecule has 0 radical (unpaired) electrons. The van der Waals surface area contributed by atoms with Crippen molar-refractivity contribution < 1.29 is 9.59 Å². The molecule has 5 nitrogen and oxygen atoms in total. The fourth-order valence-corrected chi connectivity index (χ4v) is 1.91. The van der Waals surface area contributed by atoms with Crippen LogP contribution in [0.1, 0.15) is 24.2 Å². The van der Waals surface area contributed by atoms with Gasteiger partial charge in [-0.2, -0.15) is 0 Å². The molecule has 20 heavy (non-hydrogen) atoms. The number of H-pyrrole nitrogens is 1. The first kappa shape index (κ1) is 14.1. The Hall–Kier alpha value is -2.30. The van der Waals surface area contributed by atoms with Crippen LogP contribution in [-0.2, 0) is 4.79 Å². The molecule has 0 atom stereocenters. The molecule has 0 aliphatic rings. The van der Waals surface area contributed by atoms with Gasteiger partial charge in [-0.25, -0.2) is 0 Å². The summed E-state index contributed by atoms with van der Waals surface area (Å²) in [6, 6.07) is 7.39. The van der Waals surface area contributed by atoms with Gasteiger partial charge in [0.15, 0.2) is 0 Å². The lowest BCUT2D eigenvalue weighted by molar-refractivity contribution is -0.120. The number of hydrogen-bond donors (Lipinski definition) is 3. The lowest BCUT2D eigenvalue weighted by Crippen LogP contribution is -2.38. The van der Waals surface area contributed by atoms with E-state index in [0.29, 0.717) is 18.0 Å². The molecule has 2 aromatic rings. The number of hydrogen-bond acceptors (Lipinski definition) is 2. The van der Waals surface area contributed by atoms with Gasteiger partial charge in [0, 0.05) is 18.1 Å². The number of carbonyl (C=O) groups excluding carboxylic acids is 2. The first-order valence-electron chi connectivity index (χ1n) is 6.69. The van der Waals surface area contributed by atoms with Gasteiger partial charge >= 0.3 is 0 Å². The predicted molar refractivity (Wildman–Crippen MR) is 78.5 cm³/mol. The minimum Gasteiger partial charge on any atom is -0.361 e. The summed E-state index contributed by atoms with van der Waals surface area (Å²) in [6.07, 6.45) is 1.79. The third-order valence-corrected chi connectivity index (χ3v) is 2.95. The summed E-state index contributed by atoms with van der Waals surface area (Å²) < 4.78 is 0. The van der Waals surface area contributed by atoms with Crippen molar-refractivity contribution in [3.63, 3.8) is 0 Å². The summed E-state index contributed by atoms with van der Waals surface area (Å²) in [6.45, 7) is 4.64. The minimum absolute atomic E-state index is 0.0113. The summed E-state index contributed by atoms with van der Waals surface area (Å²) in [5.74, 6) is -0.0363. The number of carbonyl (C=O) groups is 2. The van der Waals surface area contributed by atoms with Crippen LogP contribution >= 0.6 is 0 Å². The number of para-hydroxylation sites is 1. The van der Waals surface area contributed by atoms with Gasteiger partial charge in [-0.15, -0.1) is 0 Å². The highest BCUT2D eigenvalue weighted by molar-refractivity contribution is 6.06. The third kappa shape index (κ3) is 3.38.